The second kappa shape index (κ2) is 7.55. The van der Waals surface area contributed by atoms with Gasteiger partial charge in [0.15, 0.2) is 0 Å². The average Bonchev–Trinajstić information content (AvgIpc) is 2.32. The van der Waals surface area contributed by atoms with E-state index in [-0.39, 0.29) is 0 Å². The molecule has 1 N–H and O–H groups in total. The number of benzene rings is 1. The first-order valence-electron chi connectivity index (χ1n) is 6.25. The van der Waals surface area contributed by atoms with Gasteiger partial charge in [-0.05, 0) is 62.4 Å². The summed E-state index contributed by atoms with van der Waals surface area (Å²) >= 11 is 7.02. The fourth-order valence-electron chi connectivity index (χ4n) is 2.09. The van der Waals surface area contributed by atoms with Crippen LogP contribution in [0.5, 0.6) is 0 Å². The maximum Gasteiger partial charge on any atom is 0.0320 e. The second-order valence-electron chi connectivity index (χ2n) is 4.49. The zero-order valence-corrected chi connectivity index (χ0v) is 13.9. The fourth-order valence-corrected chi connectivity index (χ4v) is 2.76. The number of rotatable bonds is 6. The van der Waals surface area contributed by atoms with Gasteiger partial charge in [-0.3, -0.25) is 0 Å². The van der Waals surface area contributed by atoms with E-state index in [0.717, 1.165) is 21.4 Å². The van der Waals surface area contributed by atoms with Crippen molar-refractivity contribution in [2.45, 2.75) is 46.2 Å². The van der Waals surface area contributed by atoms with E-state index in [9.17, 15) is 0 Å². The molecule has 1 nitrogen and oxygen atoms in total. The third-order valence-electron chi connectivity index (χ3n) is 3.37. The third-order valence-corrected chi connectivity index (χ3v) is 5.25. The summed E-state index contributed by atoms with van der Waals surface area (Å²) in [7, 11) is 0. The van der Waals surface area contributed by atoms with E-state index in [1.165, 1.54) is 18.4 Å². The Balaban J connectivity index is 2.52. The maximum absolute atomic E-state index is 3.61. The summed E-state index contributed by atoms with van der Waals surface area (Å²) < 4.78 is 2.22. The second-order valence-corrected chi connectivity index (χ2v) is 6.20. The summed E-state index contributed by atoms with van der Waals surface area (Å²) in [6.07, 6.45) is 2.49. The standard InChI is InChI=1S/C14H21Br2N/c1-4-12(5-2)10(3)17-9-11-6-7-13(15)14(16)8-11/h6-8,10,12,17H,4-5,9H2,1-3H3. The normalized spacial score (nSPS) is 13.1. The topological polar surface area (TPSA) is 12.0 Å². The van der Waals surface area contributed by atoms with Gasteiger partial charge in [-0.1, -0.05) is 32.8 Å². The van der Waals surface area contributed by atoms with Gasteiger partial charge in [-0.2, -0.15) is 0 Å². The summed E-state index contributed by atoms with van der Waals surface area (Å²) in [5.74, 6) is 0.772. The predicted octanol–water partition coefficient (Wildman–Crippen LogP) is 5.13. The minimum absolute atomic E-state index is 0.576. The fraction of sp³-hybridized carbons (Fsp3) is 0.571. The van der Waals surface area contributed by atoms with Crippen molar-refractivity contribution in [3.8, 4) is 0 Å². The van der Waals surface area contributed by atoms with Crippen LogP contribution in [0.1, 0.15) is 39.2 Å². The van der Waals surface area contributed by atoms with E-state index in [2.05, 4.69) is 76.1 Å². The number of nitrogens with one attached hydrogen (secondary N) is 1. The van der Waals surface area contributed by atoms with Crippen molar-refractivity contribution < 1.29 is 0 Å². The summed E-state index contributed by atoms with van der Waals surface area (Å²) in [5, 5.41) is 3.61. The highest BCUT2D eigenvalue weighted by atomic mass is 79.9. The Bertz CT molecular complexity index is 348. The highest BCUT2D eigenvalue weighted by Crippen LogP contribution is 2.24. The van der Waals surface area contributed by atoms with Crippen LogP contribution in [-0.2, 0) is 6.54 Å². The lowest BCUT2D eigenvalue weighted by atomic mass is 9.95. The van der Waals surface area contributed by atoms with Crippen LogP contribution in [0.4, 0.5) is 0 Å². The van der Waals surface area contributed by atoms with Crippen molar-refractivity contribution in [1.82, 2.24) is 5.32 Å². The highest BCUT2D eigenvalue weighted by molar-refractivity contribution is 9.13. The summed E-state index contributed by atoms with van der Waals surface area (Å²) in [6.45, 7) is 7.75. The molecule has 0 aliphatic heterocycles. The van der Waals surface area contributed by atoms with Crippen molar-refractivity contribution in [3.05, 3.63) is 32.7 Å². The molecule has 1 rings (SSSR count). The molecule has 0 heterocycles. The zero-order chi connectivity index (χ0) is 12.8. The van der Waals surface area contributed by atoms with E-state index in [0.29, 0.717) is 6.04 Å². The third kappa shape index (κ3) is 4.72. The van der Waals surface area contributed by atoms with E-state index >= 15 is 0 Å². The van der Waals surface area contributed by atoms with Crippen molar-refractivity contribution >= 4 is 31.9 Å². The summed E-state index contributed by atoms with van der Waals surface area (Å²) in [4.78, 5) is 0. The van der Waals surface area contributed by atoms with Gasteiger partial charge in [0.05, 0.1) is 0 Å². The van der Waals surface area contributed by atoms with Crippen LogP contribution in [0.25, 0.3) is 0 Å². The van der Waals surface area contributed by atoms with Gasteiger partial charge in [0, 0.05) is 21.5 Å². The van der Waals surface area contributed by atoms with Crippen molar-refractivity contribution in [1.29, 1.82) is 0 Å². The molecular weight excluding hydrogens is 342 g/mol. The number of halogens is 2. The molecule has 0 radical (unpaired) electrons. The Morgan fingerprint density at radius 2 is 1.76 bits per heavy atom. The van der Waals surface area contributed by atoms with Crippen LogP contribution in [0.15, 0.2) is 27.1 Å². The lowest BCUT2D eigenvalue weighted by Gasteiger charge is -2.22. The Labute approximate surface area is 122 Å². The first-order valence-corrected chi connectivity index (χ1v) is 7.84. The van der Waals surface area contributed by atoms with Crippen LogP contribution < -0.4 is 5.32 Å². The van der Waals surface area contributed by atoms with Crippen LogP contribution in [-0.4, -0.2) is 6.04 Å². The molecule has 0 fully saturated rings. The molecule has 0 aliphatic carbocycles. The van der Waals surface area contributed by atoms with E-state index in [1.54, 1.807) is 0 Å². The largest absolute Gasteiger partial charge is 0.310 e. The summed E-state index contributed by atoms with van der Waals surface area (Å²) in [6, 6.07) is 6.98. The molecule has 17 heavy (non-hydrogen) atoms. The number of hydrogen-bond donors (Lipinski definition) is 1. The molecule has 0 bridgehead atoms. The molecule has 0 saturated heterocycles. The first kappa shape index (κ1) is 15.2. The molecule has 1 aromatic rings. The van der Waals surface area contributed by atoms with Gasteiger partial charge in [-0.15, -0.1) is 0 Å². The molecular formula is C14H21Br2N. The van der Waals surface area contributed by atoms with Gasteiger partial charge < -0.3 is 5.32 Å². The zero-order valence-electron chi connectivity index (χ0n) is 10.8. The smallest absolute Gasteiger partial charge is 0.0320 e. The van der Waals surface area contributed by atoms with Crippen LogP contribution in [0, 0.1) is 5.92 Å². The SMILES string of the molecule is CCC(CC)C(C)NCc1ccc(Br)c(Br)c1. The molecule has 1 aromatic carbocycles. The molecule has 1 atom stereocenters. The molecule has 0 aliphatic rings. The molecule has 0 aromatic heterocycles. The predicted molar refractivity (Wildman–Crippen MR) is 82.2 cm³/mol. The van der Waals surface area contributed by atoms with Crippen molar-refractivity contribution in [2.24, 2.45) is 5.92 Å². The molecule has 0 saturated carbocycles. The Hall–Kier alpha value is 0.140. The van der Waals surface area contributed by atoms with Crippen LogP contribution in [0.3, 0.4) is 0 Å². The average molecular weight is 363 g/mol. The summed E-state index contributed by atoms with van der Waals surface area (Å²) in [5.41, 5.74) is 1.32. The van der Waals surface area contributed by atoms with E-state index in [4.69, 9.17) is 0 Å². The quantitative estimate of drug-likeness (QED) is 0.739. The van der Waals surface area contributed by atoms with E-state index < -0.39 is 0 Å². The lowest BCUT2D eigenvalue weighted by molar-refractivity contribution is 0.353. The van der Waals surface area contributed by atoms with Gasteiger partial charge >= 0.3 is 0 Å². The highest BCUT2D eigenvalue weighted by Gasteiger charge is 2.12. The lowest BCUT2D eigenvalue weighted by Crippen LogP contribution is -2.32. The Kier molecular flexibility index (Phi) is 6.75. The Morgan fingerprint density at radius 3 is 2.29 bits per heavy atom. The van der Waals surface area contributed by atoms with Crippen molar-refractivity contribution in [2.75, 3.05) is 0 Å². The van der Waals surface area contributed by atoms with E-state index in [1.807, 2.05) is 0 Å². The molecule has 3 heteroatoms. The van der Waals surface area contributed by atoms with Gasteiger partial charge in [-0.25, -0.2) is 0 Å². The minimum atomic E-state index is 0.576. The van der Waals surface area contributed by atoms with Crippen LogP contribution in [0.2, 0.25) is 0 Å². The monoisotopic (exact) mass is 361 g/mol. The molecule has 0 spiro atoms. The number of hydrogen-bond acceptors (Lipinski definition) is 1. The minimum Gasteiger partial charge on any atom is -0.310 e. The molecule has 96 valence electrons. The maximum atomic E-state index is 3.61. The van der Waals surface area contributed by atoms with Crippen LogP contribution >= 0.6 is 31.9 Å². The van der Waals surface area contributed by atoms with Gasteiger partial charge in [0.25, 0.3) is 0 Å². The van der Waals surface area contributed by atoms with Gasteiger partial charge in [0.1, 0.15) is 0 Å². The Morgan fingerprint density at radius 1 is 1.12 bits per heavy atom. The molecule has 1 unspecified atom stereocenters. The first-order chi connectivity index (χ1) is 8.08. The van der Waals surface area contributed by atoms with Gasteiger partial charge in [0.2, 0.25) is 0 Å². The molecule has 0 amide bonds. The van der Waals surface area contributed by atoms with Crippen molar-refractivity contribution in [3.63, 3.8) is 0 Å².